The van der Waals surface area contributed by atoms with Gasteiger partial charge < -0.3 is 20.1 Å². The Morgan fingerprint density at radius 2 is 1.77 bits per heavy atom. The number of ether oxygens (including phenoxy) is 2. The molecular formula is C22H24Cl2N2O4. The number of hydrogen-bond donors (Lipinski definition) is 2. The zero-order valence-electron chi connectivity index (χ0n) is 16.8. The molecule has 8 heteroatoms. The van der Waals surface area contributed by atoms with Crippen molar-refractivity contribution in [2.45, 2.75) is 26.3 Å². The lowest BCUT2D eigenvalue weighted by Crippen LogP contribution is -2.50. The molecule has 2 amide bonds. The number of amides is 2. The lowest BCUT2D eigenvalue weighted by atomic mass is 10.0. The third-order valence-electron chi connectivity index (χ3n) is 4.71. The predicted octanol–water partition coefficient (Wildman–Crippen LogP) is 3.88. The zero-order valence-corrected chi connectivity index (χ0v) is 18.3. The van der Waals surface area contributed by atoms with Crippen LogP contribution in [0.15, 0.2) is 36.4 Å². The van der Waals surface area contributed by atoms with E-state index in [4.69, 9.17) is 32.7 Å². The Morgan fingerprint density at radius 1 is 1.07 bits per heavy atom. The van der Waals surface area contributed by atoms with E-state index in [1.807, 2.05) is 26.0 Å². The van der Waals surface area contributed by atoms with Crippen LogP contribution in [0.3, 0.4) is 0 Å². The molecule has 1 unspecified atom stereocenters. The van der Waals surface area contributed by atoms with Crippen LogP contribution in [0.4, 0.5) is 0 Å². The Kier molecular flexibility index (Phi) is 7.45. The summed E-state index contributed by atoms with van der Waals surface area (Å²) in [7, 11) is 0. The molecule has 1 atom stereocenters. The summed E-state index contributed by atoms with van der Waals surface area (Å²) in [6.45, 7) is 5.11. The minimum absolute atomic E-state index is 0.0787. The molecule has 1 aliphatic heterocycles. The summed E-state index contributed by atoms with van der Waals surface area (Å²) in [5, 5.41) is 6.72. The van der Waals surface area contributed by atoms with Crippen molar-refractivity contribution < 1.29 is 19.1 Å². The van der Waals surface area contributed by atoms with Crippen LogP contribution in [0, 0.1) is 5.92 Å². The average molecular weight is 451 g/mol. The number of halogens is 2. The highest BCUT2D eigenvalue weighted by atomic mass is 35.5. The van der Waals surface area contributed by atoms with E-state index in [2.05, 4.69) is 10.6 Å². The maximum Gasteiger partial charge on any atom is 0.251 e. The first-order chi connectivity index (χ1) is 14.3. The molecule has 160 valence electrons. The first-order valence-electron chi connectivity index (χ1n) is 9.77. The number of fused-ring (bicyclic) bond motifs is 1. The summed E-state index contributed by atoms with van der Waals surface area (Å²) in [5.74, 6) is 0.533. The Labute approximate surface area is 185 Å². The molecule has 3 rings (SSSR count). The van der Waals surface area contributed by atoms with Gasteiger partial charge in [-0.1, -0.05) is 37.0 Å². The van der Waals surface area contributed by atoms with Crippen molar-refractivity contribution in [1.29, 1.82) is 0 Å². The molecule has 6 nitrogen and oxygen atoms in total. The van der Waals surface area contributed by atoms with Gasteiger partial charge in [0.15, 0.2) is 11.5 Å². The number of hydrogen-bond acceptors (Lipinski definition) is 4. The smallest absolute Gasteiger partial charge is 0.251 e. The first kappa shape index (κ1) is 22.2. The largest absolute Gasteiger partial charge is 0.486 e. The Balaban J connectivity index is 1.57. The van der Waals surface area contributed by atoms with Crippen LogP contribution in [0.1, 0.15) is 29.8 Å². The van der Waals surface area contributed by atoms with Gasteiger partial charge in [-0.2, -0.15) is 0 Å². The second-order valence-corrected chi connectivity index (χ2v) is 8.19. The number of nitrogens with one attached hydrogen (secondary N) is 2. The third kappa shape index (κ3) is 5.58. The zero-order chi connectivity index (χ0) is 21.7. The highest BCUT2D eigenvalue weighted by Gasteiger charge is 2.24. The molecule has 1 heterocycles. The second-order valence-electron chi connectivity index (χ2n) is 7.34. The van der Waals surface area contributed by atoms with Crippen LogP contribution >= 0.6 is 23.2 Å². The van der Waals surface area contributed by atoms with Crippen LogP contribution < -0.4 is 20.1 Å². The van der Waals surface area contributed by atoms with Crippen LogP contribution in [-0.4, -0.2) is 37.6 Å². The van der Waals surface area contributed by atoms with Gasteiger partial charge in [0.05, 0.1) is 5.02 Å². The topological polar surface area (TPSA) is 76.7 Å². The van der Waals surface area contributed by atoms with Crippen molar-refractivity contribution in [2.24, 2.45) is 5.92 Å². The Bertz CT molecular complexity index is 916. The van der Waals surface area contributed by atoms with Crippen molar-refractivity contribution in [1.82, 2.24) is 10.6 Å². The van der Waals surface area contributed by atoms with Crippen molar-refractivity contribution >= 4 is 35.0 Å². The number of benzene rings is 2. The molecule has 0 radical (unpaired) electrons. The maximum absolute atomic E-state index is 12.7. The highest BCUT2D eigenvalue weighted by molar-refractivity contribution is 6.32. The van der Waals surface area contributed by atoms with Crippen LogP contribution in [0.5, 0.6) is 11.5 Å². The Morgan fingerprint density at radius 3 is 2.47 bits per heavy atom. The molecule has 30 heavy (non-hydrogen) atoms. The molecule has 0 aromatic heterocycles. The van der Waals surface area contributed by atoms with Gasteiger partial charge in [-0.3, -0.25) is 9.59 Å². The van der Waals surface area contributed by atoms with Crippen molar-refractivity contribution in [3.05, 3.63) is 57.6 Å². The summed E-state index contributed by atoms with van der Waals surface area (Å²) < 4.78 is 11.1. The summed E-state index contributed by atoms with van der Waals surface area (Å²) in [5.41, 5.74) is 1.37. The van der Waals surface area contributed by atoms with E-state index >= 15 is 0 Å². The lowest BCUT2D eigenvalue weighted by Gasteiger charge is -2.22. The van der Waals surface area contributed by atoms with E-state index in [1.54, 1.807) is 24.3 Å². The van der Waals surface area contributed by atoms with E-state index in [0.29, 0.717) is 53.3 Å². The minimum atomic E-state index is -0.656. The molecule has 0 spiro atoms. The van der Waals surface area contributed by atoms with Gasteiger partial charge in [-0.25, -0.2) is 0 Å². The minimum Gasteiger partial charge on any atom is -0.486 e. The van der Waals surface area contributed by atoms with E-state index < -0.39 is 6.04 Å². The molecular weight excluding hydrogens is 427 g/mol. The molecule has 0 fully saturated rings. The van der Waals surface area contributed by atoms with Crippen molar-refractivity contribution in [3.63, 3.8) is 0 Å². The second kappa shape index (κ2) is 10.0. The van der Waals surface area contributed by atoms with E-state index in [1.165, 1.54) is 0 Å². The molecule has 1 aliphatic rings. The van der Waals surface area contributed by atoms with Gasteiger partial charge in [0.1, 0.15) is 19.3 Å². The molecule has 0 aliphatic carbocycles. The average Bonchev–Trinajstić information content (AvgIpc) is 2.72. The molecule has 2 aromatic carbocycles. The normalized spacial score (nSPS) is 13.6. The summed E-state index contributed by atoms with van der Waals surface area (Å²) in [4.78, 5) is 25.1. The van der Waals surface area contributed by atoms with Gasteiger partial charge in [-0.15, -0.1) is 0 Å². The van der Waals surface area contributed by atoms with Gasteiger partial charge in [-0.05, 0) is 54.3 Å². The fourth-order valence-corrected chi connectivity index (χ4v) is 3.52. The fraction of sp³-hybridized carbons (Fsp3) is 0.364. The molecule has 0 saturated heterocycles. The molecule has 0 bridgehead atoms. The third-order valence-corrected chi connectivity index (χ3v) is 5.24. The molecule has 2 aromatic rings. The van der Waals surface area contributed by atoms with Gasteiger partial charge in [0.25, 0.3) is 5.91 Å². The quantitative estimate of drug-likeness (QED) is 0.670. The number of carbonyl (C=O) groups is 2. The van der Waals surface area contributed by atoms with Gasteiger partial charge in [0, 0.05) is 17.1 Å². The van der Waals surface area contributed by atoms with Crippen molar-refractivity contribution in [2.75, 3.05) is 19.8 Å². The van der Waals surface area contributed by atoms with Crippen LogP contribution in [0.25, 0.3) is 0 Å². The fourth-order valence-electron chi connectivity index (χ4n) is 3.11. The maximum atomic E-state index is 12.7. The van der Waals surface area contributed by atoms with Crippen LogP contribution in [0.2, 0.25) is 10.0 Å². The van der Waals surface area contributed by atoms with Gasteiger partial charge in [0.2, 0.25) is 5.91 Å². The van der Waals surface area contributed by atoms with E-state index in [-0.39, 0.29) is 17.7 Å². The van der Waals surface area contributed by atoms with Crippen LogP contribution in [-0.2, 0) is 11.2 Å². The summed E-state index contributed by atoms with van der Waals surface area (Å²) in [6, 6.07) is 9.55. The lowest BCUT2D eigenvalue weighted by molar-refractivity contribution is -0.123. The number of rotatable bonds is 7. The Hall–Kier alpha value is -2.44. The standard InChI is InChI=1S/C22H24Cl2N2O4/c1-13(2)19(26-21(27)15-3-5-16(23)6-4-15)22(28)25-8-7-14-11-17(24)20-18(12-14)29-9-10-30-20/h3-6,11-13,19H,7-10H2,1-2H3,(H,25,28)(H,26,27). The first-order valence-corrected chi connectivity index (χ1v) is 10.5. The predicted molar refractivity (Wildman–Crippen MR) is 117 cm³/mol. The van der Waals surface area contributed by atoms with Gasteiger partial charge >= 0.3 is 0 Å². The molecule has 2 N–H and O–H groups in total. The van der Waals surface area contributed by atoms with E-state index in [9.17, 15) is 9.59 Å². The van der Waals surface area contributed by atoms with E-state index in [0.717, 1.165) is 5.56 Å². The highest BCUT2D eigenvalue weighted by Crippen LogP contribution is 2.38. The summed E-state index contributed by atoms with van der Waals surface area (Å²) in [6.07, 6.45) is 0.568. The van der Waals surface area contributed by atoms with Crippen molar-refractivity contribution in [3.8, 4) is 11.5 Å². The SMILES string of the molecule is CC(C)C(NC(=O)c1ccc(Cl)cc1)C(=O)NCCc1cc(Cl)c2c(c1)OCCO2. The molecule has 0 saturated carbocycles. The number of carbonyl (C=O) groups excluding carboxylic acids is 2. The monoisotopic (exact) mass is 450 g/mol. The summed E-state index contributed by atoms with van der Waals surface area (Å²) >= 11 is 12.1.